The van der Waals surface area contributed by atoms with Crippen molar-refractivity contribution in [1.29, 1.82) is 0 Å². The fourth-order valence-corrected chi connectivity index (χ4v) is 5.66. The molecule has 2 aliphatic carbocycles. The van der Waals surface area contributed by atoms with Gasteiger partial charge in [-0.2, -0.15) is 0 Å². The van der Waals surface area contributed by atoms with E-state index in [0.29, 0.717) is 0 Å². The Morgan fingerprint density at radius 1 is 1.13 bits per heavy atom. The molecule has 210 valence electrons. The van der Waals surface area contributed by atoms with E-state index >= 15 is 0 Å². The van der Waals surface area contributed by atoms with Crippen molar-refractivity contribution < 1.29 is 49.0 Å². The van der Waals surface area contributed by atoms with Gasteiger partial charge in [0.05, 0.1) is 42.1 Å². The smallest absolute Gasteiger partial charge is 0.202 e. The second-order valence-corrected chi connectivity index (χ2v) is 10.1. The number of ether oxygens (including phenoxy) is 3. The molecular formula is C27H30ClNO10. The minimum Gasteiger partial charge on any atom is -0.507 e. The predicted molar refractivity (Wildman–Crippen MR) is 138 cm³/mol. The lowest BCUT2D eigenvalue weighted by molar-refractivity contribution is -0.247. The summed E-state index contributed by atoms with van der Waals surface area (Å²) in [6.07, 6.45) is -4.53. The molecule has 11 nitrogen and oxygen atoms in total. The first-order valence-corrected chi connectivity index (χ1v) is 12.2. The Hall–Kier alpha value is -3.06. The van der Waals surface area contributed by atoms with Crippen molar-refractivity contribution in [3.8, 4) is 17.2 Å². The Morgan fingerprint density at radius 3 is 2.41 bits per heavy atom. The number of hydrogen-bond acceptors (Lipinski definition) is 11. The van der Waals surface area contributed by atoms with Crippen LogP contribution in [-0.4, -0.2) is 75.0 Å². The van der Waals surface area contributed by atoms with Gasteiger partial charge < -0.3 is 40.4 Å². The number of phenolic OH excluding ortho intramolecular Hbond substituents is 2. The van der Waals surface area contributed by atoms with Crippen molar-refractivity contribution >= 4 is 29.8 Å². The molecule has 0 amide bonds. The van der Waals surface area contributed by atoms with Gasteiger partial charge in [0.25, 0.3) is 0 Å². The maximum absolute atomic E-state index is 13.6. The van der Waals surface area contributed by atoms with Crippen molar-refractivity contribution in [3.63, 3.8) is 0 Å². The molecule has 1 fully saturated rings. The van der Waals surface area contributed by atoms with Crippen molar-refractivity contribution in [1.82, 2.24) is 0 Å². The molecule has 0 radical (unpaired) electrons. The molecule has 5 rings (SSSR count). The van der Waals surface area contributed by atoms with Crippen LogP contribution in [0.15, 0.2) is 18.2 Å². The summed E-state index contributed by atoms with van der Waals surface area (Å²) >= 11 is 0. The molecule has 3 aliphatic rings. The molecule has 12 heteroatoms. The number of aliphatic hydroxyl groups excluding tert-OH is 1. The van der Waals surface area contributed by atoms with Crippen LogP contribution >= 0.6 is 12.4 Å². The van der Waals surface area contributed by atoms with Crippen LogP contribution in [0.5, 0.6) is 17.2 Å². The number of nitrogens with two attached hydrogens (primary N) is 1. The van der Waals surface area contributed by atoms with Crippen LogP contribution in [0.1, 0.15) is 75.8 Å². The lowest BCUT2D eigenvalue weighted by Gasteiger charge is -2.42. The zero-order chi connectivity index (χ0) is 27.7. The Kier molecular flexibility index (Phi) is 7.54. The highest BCUT2D eigenvalue weighted by Crippen LogP contribution is 2.52. The summed E-state index contributed by atoms with van der Waals surface area (Å²) in [6.45, 7) is 2.79. The predicted octanol–water partition coefficient (Wildman–Crippen LogP) is 1.45. The number of hydrogen-bond donors (Lipinski definition) is 5. The highest BCUT2D eigenvalue weighted by Gasteiger charge is 2.49. The fourth-order valence-electron chi connectivity index (χ4n) is 5.66. The van der Waals surface area contributed by atoms with E-state index in [1.54, 1.807) is 6.92 Å². The Labute approximate surface area is 229 Å². The van der Waals surface area contributed by atoms with Crippen LogP contribution < -0.4 is 10.5 Å². The quantitative estimate of drug-likeness (QED) is 0.289. The summed E-state index contributed by atoms with van der Waals surface area (Å²) < 4.78 is 17.1. The number of Topliss-reactive ketones (excluding diaryl/α,β-unsaturated/α-hetero) is 1. The number of phenols is 2. The molecule has 6 N–H and O–H groups in total. The van der Waals surface area contributed by atoms with E-state index in [-0.39, 0.29) is 53.3 Å². The summed E-state index contributed by atoms with van der Waals surface area (Å²) in [5, 5.41) is 44.1. The Bertz CT molecular complexity index is 1370. The van der Waals surface area contributed by atoms with E-state index in [1.807, 2.05) is 0 Å². The first-order chi connectivity index (χ1) is 17.9. The van der Waals surface area contributed by atoms with Crippen LogP contribution in [0.4, 0.5) is 0 Å². The van der Waals surface area contributed by atoms with Crippen LogP contribution in [0.3, 0.4) is 0 Å². The third-order valence-corrected chi connectivity index (χ3v) is 7.80. The lowest BCUT2D eigenvalue weighted by atomic mass is 9.72. The Morgan fingerprint density at radius 2 is 1.79 bits per heavy atom. The zero-order valence-electron chi connectivity index (χ0n) is 21.5. The van der Waals surface area contributed by atoms with E-state index < -0.39 is 82.6 Å². The van der Waals surface area contributed by atoms with Crippen LogP contribution in [-0.2, 0) is 20.7 Å². The highest BCUT2D eigenvalue weighted by atomic mass is 35.5. The number of benzene rings is 2. The molecule has 2 aromatic carbocycles. The molecule has 0 saturated carbocycles. The molecule has 6 atom stereocenters. The fraction of sp³-hybridized carbons (Fsp3) is 0.444. The maximum Gasteiger partial charge on any atom is 0.202 e. The van der Waals surface area contributed by atoms with Crippen LogP contribution in [0, 0.1) is 0 Å². The number of aliphatic hydroxyl groups is 2. The highest BCUT2D eigenvalue weighted by molar-refractivity contribution is 6.31. The first kappa shape index (κ1) is 28.9. The monoisotopic (exact) mass is 563 g/mol. The number of carbonyl (C=O) groups excluding carboxylic acids is 3. The van der Waals surface area contributed by atoms with Crippen molar-refractivity contribution in [2.24, 2.45) is 5.73 Å². The summed E-state index contributed by atoms with van der Waals surface area (Å²) in [6, 6.07) is 3.75. The molecule has 39 heavy (non-hydrogen) atoms. The van der Waals surface area contributed by atoms with Gasteiger partial charge in [-0.15, -0.1) is 12.4 Å². The number of aromatic hydroxyl groups is 2. The van der Waals surface area contributed by atoms with Crippen molar-refractivity contribution in [2.45, 2.75) is 69.4 Å². The van der Waals surface area contributed by atoms with Crippen LogP contribution in [0.2, 0.25) is 0 Å². The maximum atomic E-state index is 13.6. The molecule has 1 heterocycles. The van der Waals surface area contributed by atoms with Gasteiger partial charge in [0.15, 0.2) is 17.9 Å². The van der Waals surface area contributed by atoms with Gasteiger partial charge in [-0.05, 0) is 19.9 Å². The van der Waals surface area contributed by atoms with E-state index in [1.165, 1.54) is 32.2 Å². The second-order valence-electron chi connectivity index (χ2n) is 10.1. The van der Waals surface area contributed by atoms with Gasteiger partial charge in [0.1, 0.15) is 22.8 Å². The number of carbonyl (C=O) groups is 3. The molecule has 2 aromatic rings. The molecule has 0 spiro atoms. The zero-order valence-corrected chi connectivity index (χ0v) is 22.3. The largest absolute Gasteiger partial charge is 0.507 e. The SMILES string of the molecule is COc1cccc2c1C(=O)c1c(O)c3c(c(O)c1C2=O)C[C@](O)(C(C)=O)C[C@@H]3O[C@H]1C[C@H](N)[C@H](O)[C@H](C)O1.Cl. The third-order valence-electron chi connectivity index (χ3n) is 7.80. The number of methoxy groups -OCH3 is 1. The molecule has 0 aromatic heterocycles. The molecule has 0 bridgehead atoms. The second kappa shape index (κ2) is 10.2. The molecule has 0 unspecified atom stereocenters. The van der Waals surface area contributed by atoms with Gasteiger partial charge >= 0.3 is 0 Å². The number of rotatable bonds is 4. The van der Waals surface area contributed by atoms with Crippen LogP contribution in [0.25, 0.3) is 0 Å². The van der Waals surface area contributed by atoms with Gasteiger partial charge in [-0.1, -0.05) is 12.1 Å². The third kappa shape index (κ3) is 4.39. The van der Waals surface area contributed by atoms with E-state index in [0.717, 1.165) is 0 Å². The summed E-state index contributed by atoms with van der Waals surface area (Å²) in [5.41, 5.74) is 2.97. The molecular weight excluding hydrogens is 534 g/mol. The minimum atomic E-state index is -2.00. The number of halogens is 1. The average Bonchev–Trinajstić information content (AvgIpc) is 2.87. The van der Waals surface area contributed by atoms with Gasteiger partial charge in [0.2, 0.25) is 5.78 Å². The first-order valence-electron chi connectivity index (χ1n) is 12.2. The Balaban J connectivity index is 0.00000353. The topological polar surface area (TPSA) is 186 Å². The standard InChI is InChI=1S/C27H29NO10.ClH/c1-10-22(30)14(28)7-17(37-10)38-16-9-27(35,11(2)29)8-13-19(16)26(34)21-20(24(13)32)23(31)12-5-4-6-15(36-3)18(12)25(21)33;/h4-6,10,14,16-17,22,30,32,34-35H,7-9,28H2,1-3H3;1H/t10-,14-,16-,17-,22+,27+;/m0./s1. The normalized spacial score (nSPS) is 29.5. The lowest BCUT2D eigenvalue weighted by Crippen LogP contribution is -2.52. The van der Waals surface area contributed by atoms with Gasteiger partial charge in [-0.3, -0.25) is 14.4 Å². The summed E-state index contributed by atoms with van der Waals surface area (Å²) in [5.74, 6) is -3.18. The minimum absolute atomic E-state index is 0. The van der Waals surface area contributed by atoms with Gasteiger partial charge in [0, 0.05) is 42.0 Å². The molecule has 1 aliphatic heterocycles. The van der Waals surface area contributed by atoms with E-state index in [2.05, 4.69) is 0 Å². The number of fused-ring (bicyclic) bond motifs is 3. The average molecular weight is 564 g/mol. The van der Waals surface area contributed by atoms with E-state index in [9.17, 15) is 34.8 Å². The summed E-state index contributed by atoms with van der Waals surface area (Å²) in [7, 11) is 1.34. The van der Waals surface area contributed by atoms with Crippen molar-refractivity contribution in [2.75, 3.05) is 7.11 Å². The van der Waals surface area contributed by atoms with Crippen molar-refractivity contribution in [3.05, 3.63) is 51.6 Å². The summed E-state index contributed by atoms with van der Waals surface area (Å²) in [4.78, 5) is 39.6. The molecule has 1 saturated heterocycles. The van der Waals surface area contributed by atoms with E-state index in [4.69, 9.17) is 19.9 Å². The van der Waals surface area contributed by atoms with Gasteiger partial charge in [-0.25, -0.2) is 0 Å². The number of ketones is 3.